The van der Waals surface area contributed by atoms with Crippen molar-refractivity contribution in [3.05, 3.63) is 88.1 Å². The fourth-order valence-electron chi connectivity index (χ4n) is 2.73. The first-order valence-corrected chi connectivity index (χ1v) is 8.28. The van der Waals surface area contributed by atoms with Gasteiger partial charge in [0.05, 0.1) is 18.4 Å². The Morgan fingerprint density at radius 1 is 1.08 bits per heavy atom. The molecule has 0 aliphatic rings. The molecule has 2 aromatic carbocycles. The molecule has 0 unspecified atom stereocenters. The van der Waals surface area contributed by atoms with Crippen LogP contribution in [0.1, 0.15) is 10.4 Å². The van der Waals surface area contributed by atoms with Gasteiger partial charge in [-0.2, -0.15) is 5.10 Å². The predicted molar refractivity (Wildman–Crippen MR) is 98.9 cm³/mol. The lowest BCUT2D eigenvalue weighted by atomic mass is 10.1. The Bertz CT molecular complexity index is 1170. The zero-order valence-electron chi connectivity index (χ0n) is 13.5. The van der Waals surface area contributed by atoms with Crippen LogP contribution in [0.4, 0.5) is 0 Å². The van der Waals surface area contributed by atoms with Gasteiger partial charge in [0.2, 0.25) is 0 Å². The highest BCUT2D eigenvalue weighted by Crippen LogP contribution is 2.17. The first-order valence-electron chi connectivity index (χ1n) is 7.91. The quantitative estimate of drug-likeness (QED) is 0.522. The second-order valence-corrected chi connectivity index (χ2v) is 6.18. The van der Waals surface area contributed by atoms with Crippen molar-refractivity contribution >= 4 is 28.4 Å². The van der Waals surface area contributed by atoms with Crippen LogP contribution < -0.4 is 5.56 Å². The minimum absolute atomic E-state index is 0.0753. The molecule has 128 valence electrons. The lowest BCUT2D eigenvalue weighted by molar-refractivity contribution is 0.0970. The van der Waals surface area contributed by atoms with E-state index in [0.29, 0.717) is 27.3 Å². The number of hydrogen-bond donors (Lipinski definition) is 0. The maximum atomic E-state index is 12.7. The molecule has 0 spiro atoms. The predicted octanol–water partition coefficient (Wildman–Crippen LogP) is 3.12. The van der Waals surface area contributed by atoms with Gasteiger partial charge in [-0.25, -0.2) is 9.67 Å². The molecule has 2 heterocycles. The summed E-state index contributed by atoms with van der Waals surface area (Å²) in [5.41, 5.74) is 1.36. The third-order valence-corrected chi connectivity index (χ3v) is 4.25. The lowest BCUT2D eigenvalue weighted by Crippen LogP contribution is -2.24. The molecule has 0 saturated heterocycles. The fraction of sp³-hybridized carbons (Fsp3) is 0.0526. The molecule has 0 amide bonds. The number of halogens is 1. The smallest absolute Gasteiger partial charge is 0.264 e. The van der Waals surface area contributed by atoms with Gasteiger partial charge in [-0.05, 0) is 18.2 Å². The van der Waals surface area contributed by atoms with Gasteiger partial charge in [0.1, 0.15) is 11.7 Å². The molecule has 2 aromatic heterocycles. The summed E-state index contributed by atoms with van der Waals surface area (Å²) >= 11 is 6.02. The first kappa shape index (κ1) is 16.2. The van der Waals surface area contributed by atoms with Gasteiger partial charge in [-0.1, -0.05) is 48.0 Å². The Labute approximate surface area is 153 Å². The molecule has 0 radical (unpaired) electrons. The molecule has 0 N–H and O–H groups in total. The third kappa shape index (κ3) is 2.91. The monoisotopic (exact) mass is 364 g/mol. The van der Waals surface area contributed by atoms with Crippen molar-refractivity contribution in [1.29, 1.82) is 0 Å². The van der Waals surface area contributed by atoms with E-state index in [1.807, 2.05) is 12.1 Å². The summed E-state index contributed by atoms with van der Waals surface area (Å²) in [5, 5.41) is 5.15. The van der Waals surface area contributed by atoms with Crippen LogP contribution in [0.3, 0.4) is 0 Å². The molecular formula is C19H13ClN4O2. The Kier molecular flexibility index (Phi) is 4.10. The van der Waals surface area contributed by atoms with E-state index in [-0.39, 0.29) is 17.9 Å². The fourth-order valence-corrected chi connectivity index (χ4v) is 2.91. The van der Waals surface area contributed by atoms with Crippen LogP contribution in [0.2, 0.25) is 5.02 Å². The van der Waals surface area contributed by atoms with Crippen molar-refractivity contribution in [2.45, 2.75) is 6.54 Å². The first-order chi connectivity index (χ1) is 12.6. The number of rotatable bonds is 4. The second kappa shape index (κ2) is 6.57. The number of carbonyl (C=O) groups excluding carboxylic acids is 1. The summed E-state index contributed by atoms with van der Waals surface area (Å²) in [6, 6.07) is 16.0. The van der Waals surface area contributed by atoms with Gasteiger partial charge in [-0.3, -0.25) is 14.2 Å². The van der Waals surface area contributed by atoms with E-state index in [0.717, 1.165) is 0 Å². The number of nitrogens with zero attached hydrogens (tertiary/aromatic N) is 4. The molecule has 4 aromatic rings. The highest BCUT2D eigenvalue weighted by molar-refractivity contribution is 6.30. The SMILES string of the molecule is O=C(Cn1cnc2c(cnn2-c2cccc(Cl)c2)c1=O)c1ccccc1. The minimum Gasteiger partial charge on any atom is -0.292 e. The van der Waals surface area contributed by atoms with Crippen LogP contribution in [-0.2, 0) is 6.54 Å². The lowest BCUT2D eigenvalue weighted by Gasteiger charge is -2.06. The van der Waals surface area contributed by atoms with E-state index in [1.165, 1.54) is 17.1 Å². The van der Waals surface area contributed by atoms with E-state index in [2.05, 4.69) is 10.1 Å². The summed E-state index contributed by atoms with van der Waals surface area (Å²) in [6.07, 6.45) is 2.82. The molecule has 26 heavy (non-hydrogen) atoms. The topological polar surface area (TPSA) is 69.8 Å². The Morgan fingerprint density at radius 3 is 2.65 bits per heavy atom. The number of fused-ring (bicyclic) bond motifs is 1. The molecule has 7 heteroatoms. The molecule has 0 aliphatic carbocycles. The molecule has 4 rings (SSSR count). The zero-order valence-corrected chi connectivity index (χ0v) is 14.3. The van der Waals surface area contributed by atoms with E-state index in [9.17, 15) is 9.59 Å². The van der Waals surface area contributed by atoms with Gasteiger partial charge >= 0.3 is 0 Å². The van der Waals surface area contributed by atoms with E-state index in [1.54, 1.807) is 47.1 Å². The highest BCUT2D eigenvalue weighted by Gasteiger charge is 2.14. The number of ketones is 1. The van der Waals surface area contributed by atoms with Crippen LogP contribution in [0.15, 0.2) is 71.9 Å². The van der Waals surface area contributed by atoms with Gasteiger partial charge in [0.25, 0.3) is 5.56 Å². The number of carbonyl (C=O) groups is 1. The number of benzene rings is 2. The van der Waals surface area contributed by atoms with Crippen LogP contribution >= 0.6 is 11.6 Å². The van der Waals surface area contributed by atoms with Gasteiger partial charge in [0, 0.05) is 10.6 Å². The van der Waals surface area contributed by atoms with Crippen molar-refractivity contribution in [1.82, 2.24) is 19.3 Å². The molecule has 6 nitrogen and oxygen atoms in total. The van der Waals surface area contributed by atoms with Crippen LogP contribution in [0.5, 0.6) is 0 Å². The third-order valence-electron chi connectivity index (χ3n) is 4.02. The van der Waals surface area contributed by atoms with Crippen LogP contribution in [-0.4, -0.2) is 25.1 Å². The van der Waals surface area contributed by atoms with Crippen molar-refractivity contribution in [3.8, 4) is 5.69 Å². The molecule has 0 atom stereocenters. The molecular weight excluding hydrogens is 352 g/mol. The zero-order chi connectivity index (χ0) is 18.1. The van der Waals surface area contributed by atoms with Gasteiger partial charge < -0.3 is 0 Å². The molecule has 0 fully saturated rings. The highest BCUT2D eigenvalue weighted by atomic mass is 35.5. The summed E-state index contributed by atoms with van der Waals surface area (Å²) in [7, 11) is 0. The second-order valence-electron chi connectivity index (χ2n) is 5.74. The Balaban J connectivity index is 1.73. The van der Waals surface area contributed by atoms with E-state index in [4.69, 9.17) is 11.6 Å². The summed E-state index contributed by atoms with van der Waals surface area (Å²) in [6.45, 7) is -0.0753. The number of aromatic nitrogens is 4. The summed E-state index contributed by atoms with van der Waals surface area (Å²) in [5.74, 6) is -0.156. The normalized spacial score (nSPS) is 11.0. The minimum atomic E-state index is -0.312. The maximum absolute atomic E-state index is 12.7. The van der Waals surface area contributed by atoms with Gasteiger partial charge in [-0.15, -0.1) is 0 Å². The van der Waals surface area contributed by atoms with Gasteiger partial charge in [0.15, 0.2) is 11.4 Å². The summed E-state index contributed by atoms with van der Waals surface area (Å²) in [4.78, 5) is 29.4. The van der Waals surface area contributed by atoms with Crippen LogP contribution in [0, 0.1) is 0 Å². The number of Topliss-reactive ketones (excluding diaryl/α,β-unsaturated/α-hetero) is 1. The van der Waals surface area contributed by atoms with Crippen LogP contribution in [0.25, 0.3) is 16.7 Å². The molecule has 0 aliphatic heterocycles. The molecule has 0 bridgehead atoms. The Morgan fingerprint density at radius 2 is 1.88 bits per heavy atom. The van der Waals surface area contributed by atoms with E-state index < -0.39 is 0 Å². The standard InChI is InChI=1S/C19H13ClN4O2/c20-14-7-4-8-15(9-14)24-18-16(10-22-24)19(26)23(12-21-18)11-17(25)13-5-2-1-3-6-13/h1-10,12H,11H2. The van der Waals surface area contributed by atoms with Crippen molar-refractivity contribution < 1.29 is 4.79 Å². The van der Waals surface area contributed by atoms with Crippen molar-refractivity contribution in [2.75, 3.05) is 0 Å². The Hall–Kier alpha value is -3.25. The largest absolute Gasteiger partial charge is 0.292 e. The van der Waals surface area contributed by atoms with E-state index >= 15 is 0 Å². The number of hydrogen-bond acceptors (Lipinski definition) is 4. The van der Waals surface area contributed by atoms with Crippen molar-refractivity contribution in [3.63, 3.8) is 0 Å². The summed E-state index contributed by atoms with van der Waals surface area (Å²) < 4.78 is 2.84. The average molecular weight is 365 g/mol. The molecule has 0 saturated carbocycles. The maximum Gasteiger partial charge on any atom is 0.264 e. The average Bonchev–Trinajstić information content (AvgIpc) is 3.09. The van der Waals surface area contributed by atoms with Crippen molar-refractivity contribution in [2.24, 2.45) is 0 Å².